The van der Waals surface area contributed by atoms with Gasteiger partial charge in [-0.2, -0.15) is 0 Å². The van der Waals surface area contributed by atoms with Crippen LogP contribution in [0, 0.1) is 0 Å². The highest BCUT2D eigenvalue weighted by molar-refractivity contribution is 8.00. The molecule has 0 aromatic heterocycles. The molecule has 2 heterocycles. The predicted molar refractivity (Wildman–Crippen MR) is 116 cm³/mol. The van der Waals surface area contributed by atoms with Gasteiger partial charge >= 0.3 is 0 Å². The molecule has 5 nitrogen and oxygen atoms in total. The zero-order valence-corrected chi connectivity index (χ0v) is 17.2. The maximum atomic E-state index is 12.7. The van der Waals surface area contributed by atoms with Crippen molar-refractivity contribution >= 4 is 41.7 Å². The lowest BCUT2D eigenvalue weighted by molar-refractivity contribution is -0.116. The Labute approximate surface area is 175 Å². The van der Waals surface area contributed by atoms with E-state index in [-0.39, 0.29) is 30.3 Å². The van der Waals surface area contributed by atoms with Crippen molar-refractivity contribution in [3.05, 3.63) is 59.7 Å². The van der Waals surface area contributed by atoms with E-state index in [1.807, 2.05) is 47.4 Å². The lowest BCUT2D eigenvalue weighted by Gasteiger charge is -2.18. The van der Waals surface area contributed by atoms with E-state index >= 15 is 0 Å². The number of nitrogens with zero attached hydrogens (tertiary/aromatic N) is 1. The molecule has 2 N–H and O–H groups in total. The fourth-order valence-electron chi connectivity index (χ4n) is 3.64. The van der Waals surface area contributed by atoms with Crippen molar-refractivity contribution in [2.24, 2.45) is 0 Å². The van der Waals surface area contributed by atoms with Crippen molar-refractivity contribution in [1.82, 2.24) is 10.6 Å². The van der Waals surface area contributed by atoms with Gasteiger partial charge in [0.15, 0.2) is 0 Å². The van der Waals surface area contributed by atoms with Gasteiger partial charge in [-0.3, -0.25) is 9.59 Å². The molecule has 1 fully saturated rings. The molecule has 2 aliphatic rings. The van der Waals surface area contributed by atoms with E-state index in [0.29, 0.717) is 11.3 Å². The minimum absolute atomic E-state index is 0. The summed E-state index contributed by atoms with van der Waals surface area (Å²) in [6.07, 6.45) is 1.86. The molecular weight excluding hydrogens is 394 g/mol. The summed E-state index contributed by atoms with van der Waals surface area (Å²) in [6, 6.07) is 15.8. The molecule has 0 spiro atoms. The van der Waals surface area contributed by atoms with Gasteiger partial charge in [-0.05, 0) is 43.1 Å². The quantitative estimate of drug-likeness (QED) is 0.734. The number of amides is 2. The van der Waals surface area contributed by atoms with Crippen LogP contribution in [0.4, 0.5) is 5.69 Å². The average Bonchev–Trinajstić information content (AvgIpc) is 3.36. The van der Waals surface area contributed by atoms with E-state index in [1.165, 1.54) is 17.3 Å². The molecule has 0 saturated carbocycles. The Balaban J connectivity index is 0.00000225. The molecule has 1 unspecified atom stereocenters. The van der Waals surface area contributed by atoms with Gasteiger partial charge in [0.1, 0.15) is 0 Å². The predicted octanol–water partition coefficient (Wildman–Crippen LogP) is 2.88. The van der Waals surface area contributed by atoms with Gasteiger partial charge in [0, 0.05) is 29.7 Å². The van der Waals surface area contributed by atoms with E-state index < -0.39 is 0 Å². The Kier molecular flexibility index (Phi) is 6.99. The van der Waals surface area contributed by atoms with Crippen molar-refractivity contribution in [3.63, 3.8) is 0 Å². The zero-order valence-electron chi connectivity index (χ0n) is 15.5. The van der Waals surface area contributed by atoms with Crippen LogP contribution in [-0.4, -0.2) is 43.2 Å². The monoisotopic (exact) mass is 417 g/mol. The van der Waals surface area contributed by atoms with Gasteiger partial charge in [-0.1, -0.05) is 30.3 Å². The molecule has 2 amide bonds. The summed E-state index contributed by atoms with van der Waals surface area (Å²) in [5, 5.41) is 6.33. The maximum absolute atomic E-state index is 12.7. The van der Waals surface area contributed by atoms with Crippen LogP contribution >= 0.6 is 24.2 Å². The number of carbonyl (C=O) groups is 2. The lowest BCUT2D eigenvalue weighted by Crippen LogP contribution is -2.36. The van der Waals surface area contributed by atoms with Gasteiger partial charge in [-0.15, -0.1) is 24.2 Å². The number of para-hydroxylation sites is 1. The normalized spacial score (nSPS) is 17.7. The number of hydrogen-bond acceptors (Lipinski definition) is 4. The molecule has 2 aromatic rings. The summed E-state index contributed by atoms with van der Waals surface area (Å²) in [6.45, 7) is 2.48. The summed E-state index contributed by atoms with van der Waals surface area (Å²) in [5.41, 5.74) is 2.88. The van der Waals surface area contributed by atoms with Gasteiger partial charge in [0.2, 0.25) is 5.91 Å². The van der Waals surface area contributed by atoms with Crippen molar-refractivity contribution in [2.75, 3.05) is 30.3 Å². The number of benzene rings is 2. The summed E-state index contributed by atoms with van der Waals surface area (Å²) < 4.78 is 0. The first-order valence-electron chi connectivity index (χ1n) is 9.34. The van der Waals surface area contributed by atoms with Crippen LogP contribution in [-0.2, 0) is 11.2 Å². The van der Waals surface area contributed by atoms with E-state index in [9.17, 15) is 9.59 Å². The first-order chi connectivity index (χ1) is 13.2. The first kappa shape index (κ1) is 20.7. The number of carbonyl (C=O) groups excluding carboxylic acids is 2. The maximum Gasteiger partial charge on any atom is 0.252 e. The number of thioether (sulfide) groups is 1. The SMILES string of the molecule is Cl.O=C(NC1CCNC1)c1ccccc1SCC(=O)N1CCc2ccccc21. The van der Waals surface area contributed by atoms with E-state index in [2.05, 4.69) is 16.7 Å². The van der Waals surface area contributed by atoms with Crippen molar-refractivity contribution in [3.8, 4) is 0 Å². The van der Waals surface area contributed by atoms with Crippen LogP contribution in [0.3, 0.4) is 0 Å². The third kappa shape index (κ3) is 4.51. The molecule has 2 aliphatic heterocycles. The third-order valence-corrected chi connectivity index (χ3v) is 6.12. The second kappa shape index (κ2) is 9.45. The smallest absolute Gasteiger partial charge is 0.252 e. The van der Waals surface area contributed by atoms with Gasteiger partial charge in [-0.25, -0.2) is 0 Å². The van der Waals surface area contributed by atoms with Crippen molar-refractivity contribution in [1.29, 1.82) is 0 Å². The number of halogens is 1. The lowest BCUT2D eigenvalue weighted by atomic mass is 10.2. The number of rotatable bonds is 5. The number of anilines is 1. The molecule has 0 bridgehead atoms. The Morgan fingerprint density at radius 2 is 1.93 bits per heavy atom. The van der Waals surface area contributed by atoms with E-state index in [4.69, 9.17) is 0 Å². The molecule has 7 heteroatoms. The summed E-state index contributed by atoms with van der Waals surface area (Å²) in [4.78, 5) is 28.1. The van der Waals surface area contributed by atoms with E-state index in [1.54, 1.807) is 0 Å². The molecule has 0 aliphatic carbocycles. The molecule has 1 saturated heterocycles. The second-order valence-electron chi connectivity index (χ2n) is 6.87. The standard InChI is InChI=1S/C21H23N3O2S.ClH/c25-20(24-12-10-15-5-1-3-7-18(15)24)14-27-19-8-4-2-6-17(19)21(26)23-16-9-11-22-13-16;/h1-8,16,22H,9-14H2,(H,23,26);1H. The Hall–Kier alpha value is -2.02. The number of fused-ring (bicyclic) bond motifs is 1. The molecular formula is C21H24ClN3O2S. The molecule has 2 aromatic carbocycles. The summed E-state index contributed by atoms with van der Waals surface area (Å²) >= 11 is 1.44. The topological polar surface area (TPSA) is 61.4 Å². The number of hydrogen-bond donors (Lipinski definition) is 2. The minimum atomic E-state index is -0.0641. The molecule has 1 atom stereocenters. The van der Waals surface area contributed by atoms with Crippen molar-refractivity contribution in [2.45, 2.75) is 23.8 Å². The molecule has 0 radical (unpaired) electrons. The zero-order chi connectivity index (χ0) is 18.6. The van der Waals surface area contributed by atoms with Crippen LogP contribution in [0.5, 0.6) is 0 Å². The Morgan fingerprint density at radius 3 is 2.75 bits per heavy atom. The fourth-order valence-corrected chi connectivity index (χ4v) is 4.56. The highest BCUT2D eigenvalue weighted by Gasteiger charge is 2.25. The summed E-state index contributed by atoms with van der Waals surface area (Å²) in [7, 11) is 0. The highest BCUT2D eigenvalue weighted by Crippen LogP contribution is 2.29. The van der Waals surface area contributed by atoms with Gasteiger partial charge in [0.25, 0.3) is 5.91 Å². The van der Waals surface area contributed by atoms with E-state index in [0.717, 1.165) is 43.1 Å². The Bertz CT molecular complexity index is 855. The van der Waals surface area contributed by atoms with Gasteiger partial charge in [0.05, 0.1) is 11.3 Å². The minimum Gasteiger partial charge on any atom is -0.348 e. The van der Waals surface area contributed by atoms with Crippen LogP contribution < -0.4 is 15.5 Å². The van der Waals surface area contributed by atoms with Crippen LogP contribution in [0.1, 0.15) is 22.3 Å². The summed E-state index contributed by atoms with van der Waals surface area (Å²) in [5.74, 6) is 0.342. The fraction of sp³-hybridized carbons (Fsp3) is 0.333. The first-order valence-corrected chi connectivity index (χ1v) is 10.3. The molecule has 28 heavy (non-hydrogen) atoms. The van der Waals surface area contributed by atoms with Gasteiger partial charge < -0.3 is 15.5 Å². The number of nitrogens with one attached hydrogen (secondary N) is 2. The Morgan fingerprint density at radius 1 is 1.14 bits per heavy atom. The third-order valence-electron chi connectivity index (χ3n) is 5.07. The average molecular weight is 418 g/mol. The highest BCUT2D eigenvalue weighted by atomic mass is 35.5. The van der Waals surface area contributed by atoms with Crippen LogP contribution in [0.15, 0.2) is 53.4 Å². The van der Waals surface area contributed by atoms with Crippen molar-refractivity contribution < 1.29 is 9.59 Å². The molecule has 4 rings (SSSR count). The second-order valence-corrected chi connectivity index (χ2v) is 7.89. The largest absolute Gasteiger partial charge is 0.348 e. The molecule has 148 valence electrons. The van der Waals surface area contributed by atoms with Crippen LogP contribution in [0.25, 0.3) is 0 Å². The van der Waals surface area contributed by atoms with Crippen LogP contribution in [0.2, 0.25) is 0 Å².